The van der Waals surface area contributed by atoms with E-state index in [4.69, 9.17) is 10.8 Å². The molecule has 0 aliphatic rings. The van der Waals surface area contributed by atoms with Crippen molar-refractivity contribution in [2.24, 2.45) is 5.73 Å². The number of hydrogen-bond donors (Lipinski definition) is 3. The molecule has 0 saturated heterocycles. The average Bonchev–Trinajstić information content (AvgIpc) is 2.71. The van der Waals surface area contributed by atoms with Gasteiger partial charge in [-0.2, -0.15) is 0 Å². The van der Waals surface area contributed by atoms with E-state index in [0.717, 1.165) is 6.42 Å². The van der Waals surface area contributed by atoms with E-state index in [1.807, 2.05) is 0 Å². The number of aliphatic carboxylic acids is 1. The Bertz CT molecular complexity index is 408. The standard InChI is InChI=1S/C9H15N3O3S2/c1-17(15)4-2-3-11-9-12-6(5-16-9)7(10)8(13)14/h5,7H,2-4,10H2,1H3,(H,11,12)(H,13,14). The Morgan fingerprint density at radius 3 is 3.06 bits per heavy atom. The highest BCUT2D eigenvalue weighted by Crippen LogP contribution is 2.19. The highest BCUT2D eigenvalue weighted by molar-refractivity contribution is 7.84. The molecule has 2 unspecified atom stereocenters. The molecular weight excluding hydrogens is 262 g/mol. The Labute approximate surface area is 106 Å². The van der Waals surface area contributed by atoms with Gasteiger partial charge in [0.25, 0.3) is 0 Å². The van der Waals surface area contributed by atoms with Gasteiger partial charge in [0.05, 0.1) is 5.69 Å². The topological polar surface area (TPSA) is 105 Å². The van der Waals surface area contributed by atoms with E-state index in [-0.39, 0.29) is 0 Å². The van der Waals surface area contributed by atoms with Gasteiger partial charge < -0.3 is 16.2 Å². The molecular formula is C9H15N3O3S2. The fourth-order valence-electron chi connectivity index (χ4n) is 1.11. The van der Waals surface area contributed by atoms with Crippen LogP contribution in [0.5, 0.6) is 0 Å². The maximum atomic E-state index is 10.8. The summed E-state index contributed by atoms with van der Waals surface area (Å²) in [7, 11) is -0.786. The molecule has 0 bridgehead atoms. The number of anilines is 1. The first-order valence-electron chi connectivity index (χ1n) is 4.98. The van der Waals surface area contributed by atoms with Gasteiger partial charge in [-0.3, -0.25) is 9.00 Å². The molecule has 4 N–H and O–H groups in total. The van der Waals surface area contributed by atoms with E-state index in [9.17, 15) is 9.00 Å². The number of rotatable bonds is 7. The molecule has 0 amide bonds. The van der Waals surface area contributed by atoms with Gasteiger partial charge in [-0.15, -0.1) is 11.3 Å². The number of carbonyl (C=O) groups is 1. The summed E-state index contributed by atoms with van der Waals surface area (Å²) in [5.41, 5.74) is 5.77. The Morgan fingerprint density at radius 2 is 2.47 bits per heavy atom. The fraction of sp³-hybridized carbons (Fsp3) is 0.556. The molecule has 0 saturated carbocycles. The quantitative estimate of drug-likeness (QED) is 0.623. The monoisotopic (exact) mass is 277 g/mol. The van der Waals surface area contributed by atoms with Crippen molar-refractivity contribution in [3.63, 3.8) is 0 Å². The van der Waals surface area contributed by atoms with Crippen LogP contribution in [0.15, 0.2) is 5.38 Å². The van der Waals surface area contributed by atoms with Gasteiger partial charge in [-0.05, 0) is 6.42 Å². The van der Waals surface area contributed by atoms with Crippen LogP contribution in [-0.2, 0) is 15.6 Å². The fourth-order valence-corrected chi connectivity index (χ4v) is 2.43. The number of hydrogen-bond acceptors (Lipinski definition) is 6. The molecule has 1 aromatic heterocycles. The highest BCUT2D eigenvalue weighted by atomic mass is 32.2. The molecule has 0 spiro atoms. The summed E-state index contributed by atoms with van der Waals surface area (Å²) in [4.78, 5) is 14.7. The van der Waals surface area contributed by atoms with Crippen molar-refractivity contribution in [1.82, 2.24) is 4.98 Å². The summed E-state index contributed by atoms with van der Waals surface area (Å²) in [5, 5.41) is 14.0. The lowest BCUT2D eigenvalue weighted by Crippen LogP contribution is -2.21. The van der Waals surface area contributed by atoms with Gasteiger partial charge >= 0.3 is 5.97 Å². The SMILES string of the molecule is CS(=O)CCCNc1nc(C(N)C(=O)O)cs1. The molecule has 0 aromatic carbocycles. The van der Waals surface area contributed by atoms with E-state index >= 15 is 0 Å². The second-order valence-electron chi connectivity index (χ2n) is 3.45. The largest absolute Gasteiger partial charge is 0.480 e. The van der Waals surface area contributed by atoms with Crippen molar-refractivity contribution in [2.75, 3.05) is 23.9 Å². The van der Waals surface area contributed by atoms with Gasteiger partial charge in [0.1, 0.15) is 6.04 Å². The first kappa shape index (κ1) is 14.1. The van der Waals surface area contributed by atoms with Crippen LogP contribution in [0.3, 0.4) is 0 Å². The van der Waals surface area contributed by atoms with Crippen LogP contribution in [0, 0.1) is 0 Å². The second kappa shape index (κ2) is 6.67. The van der Waals surface area contributed by atoms with Crippen molar-refractivity contribution < 1.29 is 14.1 Å². The molecule has 96 valence electrons. The number of nitrogens with one attached hydrogen (secondary N) is 1. The van der Waals surface area contributed by atoms with Crippen LogP contribution in [0.1, 0.15) is 18.2 Å². The third kappa shape index (κ3) is 4.80. The number of nitrogens with two attached hydrogens (primary N) is 1. The summed E-state index contributed by atoms with van der Waals surface area (Å²) in [5.74, 6) is -0.455. The Hall–Kier alpha value is -0.990. The van der Waals surface area contributed by atoms with Crippen LogP contribution in [-0.4, -0.2) is 38.8 Å². The summed E-state index contributed by atoms with van der Waals surface area (Å²) >= 11 is 1.31. The second-order valence-corrected chi connectivity index (χ2v) is 5.86. The zero-order valence-electron chi connectivity index (χ0n) is 9.38. The molecule has 2 atom stereocenters. The summed E-state index contributed by atoms with van der Waals surface area (Å²) in [6.07, 6.45) is 2.44. The Kier molecular flexibility index (Phi) is 5.52. The predicted molar refractivity (Wildman–Crippen MR) is 68.7 cm³/mol. The Morgan fingerprint density at radius 1 is 1.76 bits per heavy atom. The summed E-state index contributed by atoms with van der Waals surface area (Å²) < 4.78 is 10.8. The number of carboxylic acids is 1. The third-order valence-electron chi connectivity index (χ3n) is 1.99. The normalized spacial score (nSPS) is 14.2. The first-order chi connectivity index (χ1) is 8.00. The third-order valence-corrected chi connectivity index (χ3v) is 3.67. The maximum Gasteiger partial charge on any atom is 0.326 e. The van der Waals surface area contributed by atoms with Gasteiger partial charge in [0.2, 0.25) is 0 Å². The van der Waals surface area contributed by atoms with Gasteiger partial charge in [-0.1, -0.05) is 0 Å². The lowest BCUT2D eigenvalue weighted by Gasteiger charge is -2.02. The number of nitrogens with zero attached hydrogens (tertiary/aromatic N) is 1. The minimum atomic E-state index is -1.09. The highest BCUT2D eigenvalue weighted by Gasteiger charge is 2.17. The molecule has 1 aromatic rings. The number of aromatic nitrogens is 1. The zero-order chi connectivity index (χ0) is 12.8. The average molecular weight is 277 g/mol. The maximum absolute atomic E-state index is 10.8. The van der Waals surface area contributed by atoms with Gasteiger partial charge in [-0.25, -0.2) is 4.98 Å². The first-order valence-corrected chi connectivity index (χ1v) is 7.59. The van der Waals surface area contributed by atoms with Crippen molar-refractivity contribution in [1.29, 1.82) is 0 Å². The smallest absolute Gasteiger partial charge is 0.326 e. The van der Waals surface area contributed by atoms with Crippen LogP contribution in [0.4, 0.5) is 5.13 Å². The predicted octanol–water partition coefficient (Wildman–Crippen LogP) is 0.408. The Balaban J connectivity index is 2.41. The molecule has 17 heavy (non-hydrogen) atoms. The van der Waals surface area contributed by atoms with E-state index in [1.165, 1.54) is 11.3 Å². The zero-order valence-corrected chi connectivity index (χ0v) is 11.0. The van der Waals surface area contributed by atoms with Crippen molar-refractivity contribution in [3.05, 3.63) is 11.1 Å². The molecule has 0 aliphatic carbocycles. The minimum Gasteiger partial charge on any atom is -0.480 e. The van der Waals surface area contributed by atoms with E-state index < -0.39 is 22.8 Å². The molecule has 0 fully saturated rings. The molecule has 6 nitrogen and oxygen atoms in total. The van der Waals surface area contributed by atoms with Crippen LogP contribution < -0.4 is 11.1 Å². The molecule has 8 heteroatoms. The number of thiazole rings is 1. The lowest BCUT2D eigenvalue weighted by atomic mass is 10.2. The molecule has 1 rings (SSSR count). The molecule has 0 aliphatic heterocycles. The van der Waals surface area contributed by atoms with Crippen molar-refractivity contribution in [2.45, 2.75) is 12.5 Å². The minimum absolute atomic E-state index is 0.351. The molecule has 0 radical (unpaired) electrons. The lowest BCUT2D eigenvalue weighted by molar-refractivity contribution is -0.138. The summed E-state index contributed by atoms with van der Waals surface area (Å²) in [6.45, 7) is 0.662. The molecule has 1 heterocycles. The van der Waals surface area contributed by atoms with Crippen molar-refractivity contribution >= 4 is 33.2 Å². The number of carboxylic acid groups (broad SMARTS) is 1. The van der Waals surface area contributed by atoms with Crippen LogP contribution >= 0.6 is 11.3 Å². The van der Waals surface area contributed by atoms with Crippen LogP contribution in [0.25, 0.3) is 0 Å². The van der Waals surface area contributed by atoms with Gasteiger partial charge in [0.15, 0.2) is 5.13 Å². The van der Waals surface area contributed by atoms with Crippen LogP contribution in [0.2, 0.25) is 0 Å². The van der Waals surface area contributed by atoms with Gasteiger partial charge in [0, 0.05) is 34.7 Å². The summed E-state index contributed by atoms with van der Waals surface area (Å²) in [6, 6.07) is -1.08. The van der Waals surface area contributed by atoms with E-state index in [1.54, 1.807) is 11.6 Å². The van der Waals surface area contributed by atoms with E-state index in [2.05, 4.69) is 10.3 Å². The van der Waals surface area contributed by atoms with E-state index in [0.29, 0.717) is 23.1 Å². The van der Waals surface area contributed by atoms with Crippen molar-refractivity contribution in [3.8, 4) is 0 Å².